The molecule has 2 aliphatic rings. The molecule has 0 aromatic heterocycles. The highest BCUT2D eigenvalue weighted by molar-refractivity contribution is 5.99. The summed E-state index contributed by atoms with van der Waals surface area (Å²) in [6.45, 7) is 1.70. The van der Waals surface area contributed by atoms with Gasteiger partial charge in [-0.05, 0) is 72.5 Å². The molecule has 4 aromatic carbocycles. The van der Waals surface area contributed by atoms with Crippen molar-refractivity contribution in [3.05, 3.63) is 131 Å². The zero-order valence-corrected chi connectivity index (χ0v) is 25.8. The minimum Gasteiger partial charge on any atom is -0.488 e. The maximum absolute atomic E-state index is 14.0. The van der Waals surface area contributed by atoms with E-state index in [1.54, 1.807) is 6.07 Å². The molecule has 6 nitrogen and oxygen atoms in total. The zero-order chi connectivity index (χ0) is 30.8. The van der Waals surface area contributed by atoms with Crippen molar-refractivity contribution in [3.8, 4) is 5.75 Å². The van der Waals surface area contributed by atoms with Crippen LogP contribution in [0.5, 0.6) is 5.75 Å². The fraction of sp³-hybridized carbons (Fsp3) is 0.333. The third kappa shape index (κ3) is 8.00. The maximum atomic E-state index is 14.0. The molecule has 1 amide bonds. The monoisotopic (exact) mass is 602 g/mol. The lowest BCUT2D eigenvalue weighted by atomic mass is 9.84. The van der Waals surface area contributed by atoms with Crippen LogP contribution in [0.4, 0.5) is 5.69 Å². The van der Waals surface area contributed by atoms with Crippen LogP contribution in [0.3, 0.4) is 0 Å². The fourth-order valence-electron chi connectivity index (χ4n) is 6.40. The maximum Gasteiger partial charge on any atom is 0.342 e. The highest BCUT2D eigenvalue weighted by Gasteiger charge is 2.29. The number of ether oxygens (including phenoxy) is 2. The van der Waals surface area contributed by atoms with Crippen molar-refractivity contribution >= 4 is 17.6 Å². The van der Waals surface area contributed by atoms with E-state index in [9.17, 15) is 9.59 Å². The van der Waals surface area contributed by atoms with Gasteiger partial charge in [-0.3, -0.25) is 4.79 Å². The summed E-state index contributed by atoms with van der Waals surface area (Å²) >= 11 is 0. The Kier molecular flexibility index (Phi) is 10.2. The van der Waals surface area contributed by atoms with Crippen molar-refractivity contribution in [2.45, 2.75) is 76.7 Å². The van der Waals surface area contributed by atoms with E-state index in [1.165, 1.54) is 37.7 Å². The van der Waals surface area contributed by atoms with Crippen LogP contribution < -0.4 is 15.0 Å². The normalized spacial score (nSPS) is 16.7. The average Bonchev–Trinajstić information content (AvgIpc) is 3.65. The topological polar surface area (TPSA) is 67.9 Å². The van der Waals surface area contributed by atoms with Crippen molar-refractivity contribution in [2.75, 3.05) is 11.4 Å². The smallest absolute Gasteiger partial charge is 0.342 e. The second-order valence-corrected chi connectivity index (χ2v) is 12.2. The Morgan fingerprint density at radius 1 is 0.711 bits per heavy atom. The molecule has 45 heavy (non-hydrogen) atoms. The van der Waals surface area contributed by atoms with Gasteiger partial charge in [0.05, 0.1) is 12.6 Å². The van der Waals surface area contributed by atoms with Crippen LogP contribution in [0.1, 0.15) is 83.5 Å². The number of anilines is 1. The third-order valence-electron chi connectivity index (χ3n) is 8.97. The minimum atomic E-state index is -0.470. The Labute approximate surface area is 266 Å². The first kappa shape index (κ1) is 30.6. The molecule has 6 rings (SSSR count). The van der Waals surface area contributed by atoms with Crippen LogP contribution in [0.15, 0.2) is 103 Å². The number of carbonyl (C=O) groups is 2. The largest absolute Gasteiger partial charge is 0.488 e. The lowest BCUT2D eigenvalue weighted by Gasteiger charge is -2.27. The molecular formula is C39H42N2O4. The number of amides is 1. The van der Waals surface area contributed by atoms with E-state index in [2.05, 4.69) is 29.6 Å². The molecule has 4 aromatic rings. The third-order valence-corrected chi connectivity index (χ3v) is 8.97. The lowest BCUT2D eigenvalue weighted by molar-refractivity contribution is -0.120. The highest BCUT2D eigenvalue weighted by atomic mass is 16.5. The van der Waals surface area contributed by atoms with Gasteiger partial charge in [0.1, 0.15) is 24.5 Å². The second kappa shape index (κ2) is 15.0. The highest BCUT2D eigenvalue weighted by Crippen LogP contribution is 2.34. The standard InChI is InChI=1S/C39H42N2O4/c42-38(36-17-10-24-40-36)41(26-29-18-20-33(21-19-29)32-15-8-3-9-16-32)34-22-23-35(39(43)45-28-31-13-6-2-7-14-31)37(25-34)44-27-30-11-4-1-5-12-30/h1-2,4-7,11-14,18-23,25,32,36,40H,3,8-10,15-17,24,26-28H2/t36-/m1/s1. The SMILES string of the molecule is O=C(OCc1ccccc1)c1ccc(N(Cc2ccc(C3CCCCC3)cc2)C(=O)[C@H]2CCCN2)cc1OCc1ccccc1. The van der Waals surface area contributed by atoms with E-state index in [-0.39, 0.29) is 25.2 Å². The summed E-state index contributed by atoms with van der Waals surface area (Å²) in [5.74, 6) is 0.574. The van der Waals surface area contributed by atoms with Crippen LogP contribution in [0.2, 0.25) is 0 Å². The van der Waals surface area contributed by atoms with E-state index in [0.717, 1.165) is 36.1 Å². The predicted molar refractivity (Wildman–Crippen MR) is 177 cm³/mol. The molecular weight excluding hydrogens is 560 g/mol. The predicted octanol–water partition coefficient (Wildman–Crippen LogP) is 7.96. The van der Waals surface area contributed by atoms with Gasteiger partial charge in [-0.25, -0.2) is 4.79 Å². The Hall–Kier alpha value is -4.42. The quantitative estimate of drug-likeness (QED) is 0.177. The summed E-state index contributed by atoms with van der Waals surface area (Å²) in [7, 11) is 0. The number of carbonyl (C=O) groups excluding carboxylic acids is 2. The van der Waals surface area contributed by atoms with Crippen molar-refractivity contribution in [1.29, 1.82) is 0 Å². The van der Waals surface area contributed by atoms with Crippen LogP contribution in [-0.4, -0.2) is 24.5 Å². The van der Waals surface area contributed by atoms with Crippen molar-refractivity contribution in [2.24, 2.45) is 0 Å². The van der Waals surface area contributed by atoms with Crippen LogP contribution in [0, 0.1) is 0 Å². The molecule has 0 unspecified atom stereocenters. The Morgan fingerprint density at radius 2 is 1.40 bits per heavy atom. The number of benzene rings is 4. The van der Waals surface area contributed by atoms with Crippen molar-refractivity contribution in [3.63, 3.8) is 0 Å². The Morgan fingerprint density at radius 3 is 2.07 bits per heavy atom. The Bertz CT molecular complexity index is 1540. The van der Waals surface area contributed by atoms with Gasteiger partial charge in [0, 0.05) is 11.8 Å². The summed E-state index contributed by atoms with van der Waals surface area (Å²) in [4.78, 5) is 29.1. The summed E-state index contributed by atoms with van der Waals surface area (Å²) in [5, 5.41) is 3.37. The molecule has 1 saturated heterocycles. The number of nitrogens with one attached hydrogen (secondary N) is 1. The van der Waals surface area contributed by atoms with Crippen LogP contribution in [-0.2, 0) is 29.3 Å². The molecule has 6 heteroatoms. The van der Waals surface area contributed by atoms with Gasteiger partial charge in [0.2, 0.25) is 5.91 Å². The lowest BCUT2D eigenvalue weighted by Crippen LogP contribution is -2.43. The van der Waals surface area contributed by atoms with E-state index < -0.39 is 5.97 Å². The zero-order valence-electron chi connectivity index (χ0n) is 25.8. The second-order valence-electron chi connectivity index (χ2n) is 12.2. The molecule has 1 heterocycles. The number of hydrogen-bond acceptors (Lipinski definition) is 5. The fourth-order valence-corrected chi connectivity index (χ4v) is 6.40. The number of hydrogen-bond donors (Lipinski definition) is 1. The molecule has 1 atom stereocenters. The summed E-state index contributed by atoms with van der Waals surface area (Å²) in [5.41, 5.74) is 5.36. The van der Waals surface area contributed by atoms with Crippen molar-refractivity contribution < 1.29 is 19.1 Å². The van der Waals surface area contributed by atoms with Crippen molar-refractivity contribution in [1.82, 2.24) is 5.32 Å². The van der Waals surface area contributed by atoms with E-state index in [4.69, 9.17) is 9.47 Å². The Balaban J connectivity index is 1.27. The first-order valence-corrected chi connectivity index (χ1v) is 16.3. The van der Waals surface area contributed by atoms with E-state index in [1.807, 2.05) is 77.7 Å². The minimum absolute atomic E-state index is 0.0253. The van der Waals surface area contributed by atoms with Gasteiger partial charge in [0.25, 0.3) is 0 Å². The first-order chi connectivity index (χ1) is 22.1. The van der Waals surface area contributed by atoms with E-state index in [0.29, 0.717) is 29.5 Å². The number of nitrogens with zero attached hydrogens (tertiary/aromatic N) is 1. The van der Waals surface area contributed by atoms with Gasteiger partial charge in [-0.15, -0.1) is 0 Å². The molecule has 0 bridgehead atoms. The van der Waals surface area contributed by atoms with Gasteiger partial charge >= 0.3 is 5.97 Å². The molecule has 1 N–H and O–H groups in total. The average molecular weight is 603 g/mol. The summed E-state index contributed by atoms with van der Waals surface area (Å²) < 4.78 is 12.0. The van der Waals surface area contributed by atoms with Crippen LogP contribution >= 0.6 is 0 Å². The number of rotatable bonds is 11. The summed E-state index contributed by atoms with van der Waals surface area (Å²) in [6, 6.07) is 33.4. The molecule has 1 aliphatic carbocycles. The molecule has 0 spiro atoms. The number of esters is 1. The molecule has 0 radical (unpaired) electrons. The van der Waals surface area contributed by atoms with Gasteiger partial charge in [0.15, 0.2) is 0 Å². The summed E-state index contributed by atoms with van der Waals surface area (Å²) in [6.07, 6.45) is 8.21. The van der Waals surface area contributed by atoms with Gasteiger partial charge in [-0.1, -0.05) is 104 Å². The molecule has 232 valence electrons. The van der Waals surface area contributed by atoms with Gasteiger partial charge in [-0.2, -0.15) is 0 Å². The van der Waals surface area contributed by atoms with Gasteiger partial charge < -0.3 is 19.7 Å². The van der Waals surface area contributed by atoms with E-state index >= 15 is 0 Å². The molecule has 2 fully saturated rings. The van der Waals surface area contributed by atoms with Crippen LogP contribution in [0.25, 0.3) is 0 Å². The first-order valence-electron chi connectivity index (χ1n) is 16.3. The molecule has 1 aliphatic heterocycles. The molecule has 1 saturated carbocycles.